The zero-order valence-electron chi connectivity index (χ0n) is 22.6. The summed E-state index contributed by atoms with van der Waals surface area (Å²) in [4.78, 5) is 25.1. The highest BCUT2D eigenvalue weighted by Crippen LogP contribution is 2.44. The second-order valence-corrected chi connectivity index (χ2v) is 11.2. The Morgan fingerprint density at radius 2 is 1.73 bits per heavy atom. The molecular formula is C29H31NO9S. The van der Waals surface area contributed by atoms with Crippen LogP contribution in [0.5, 0.6) is 23.0 Å². The topological polar surface area (TPSA) is 137 Å². The Labute approximate surface area is 232 Å². The average molecular weight is 570 g/mol. The number of rotatable bonds is 11. The van der Waals surface area contributed by atoms with Gasteiger partial charge < -0.3 is 24.1 Å². The molecule has 10 nitrogen and oxygen atoms in total. The van der Waals surface area contributed by atoms with E-state index >= 15 is 0 Å². The van der Waals surface area contributed by atoms with Crippen molar-refractivity contribution in [1.29, 1.82) is 0 Å². The van der Waals surface area contributed by atoms with Gasteiger partial charge in [0.1, 0.15) is 5.75 Å². The van der Waals surface area contributed by atoms with E-state index in [2.05, 4.69) is 4.72 Å². The highest BCUT2D eigenvalue weighted by Gasteiger charge is 2.32. The summed E-state index contributed by atoms with van der Waals surface area (Å²) < 4.78 is 51.0. The van der Waals surface area contributed by atoms with E-state index in [0.29, 0.717) is 29.9 Å². The molecule has 11 heteroatoms. The lowest BCUT2D eigenvalue weighted by Gasteiger charge is -2.22. The van der Waals surface area contributed by atoms with E-state index in [-0.39, 0.29) is 40.2 Å². The molecule has 1 unspecified atom stereocenters. The van der Waals surface area contributed by atoms with Crippen LogP contribution in [-0.4, -0.2) is 39.3 Å². The number of hydrogen-bond donors (Lipinski definition) is 2. The summed E-state index contributed by atoms with van der Waals surface area (Å²) in [7, 11) is -2.83. The molecule has 0 aliphatic carbocycles. The molecule has 4 rings (SSSR count). The average Bonchev–Trinajstić information content (AvgIpc) is 3.40. The van der Waals surface area contributed by atoms with Gasteiger partial charge >= 0.3 is 5.97 Å². The van der Waals surface area contributed by atoms with Crippen molar-refractivity contribution in [3.8, 4) is 23.0 Å². The first-order valence-corrected chi connectivity index (χ1v) is 14.2. The molecule has 212 valence electrons. The molecule has 0 aromatic heterocycles. The van der Waals surface area contributed by atoms with Gasteiger partial charge in [0.15, 0.2) is 11.5 Å². The predicted octanol–water partition coefficient (Wildman–Crippen LogP) is 4.82. The van der Waals surface area contributed by atoms with E-state index in [4.69, 9.17) is 18.9 Å². The maximum atomic E-state index is 13.6. The first kappa shape index (κ1) is 28.8. The molecule has 0 spiro atoms. The molecule has 3 aromatic rings. The first-order chi connectivity index (χ1) is 19.0. The Balaban J connectivity index is 1.74. The molecule has 0 saturated carbocycles. The normalized spacial score (nSPS) is 13.1. The number of carboxylic acids is 1. The predicted molar refractivity (Wildman–Crippen MR) is 146 cm³/mol. The van der Waals surface area contributed by atoms with Crippen molar-refractivity contribution in [3.63, 3.8) is 0 Å². The standard InChI is InChI=1S/C29H31NO9S/c1-5-6-19-13-20(29(32)33)9-12-23(19)39-26(21-14-24(36-4)27-25(15-21)37-16-38-27)28(31)30-40(34,35)22-10-7-18(8-11-22)17(2)3/h7-15,17,26H,5-6,16H2,1-4H3,(H,30,31)(H,32,33). The van der Waals surface area contributed by atoms with E-state index in [1.54, 1.807) is 12.1 Å². The monoisotopic (exact) mass is 569 g/mol. The van der Waals surface area contributed by atoms with Crippen LogP contribution in [-0.2, 0) is 21.2 Å². The third-order valence-electron chi connectivity index (χ3n) is 6.39. The number of carboxylic acid groups (broad SMARTS) is 1. The van der Waals surface area contributed by atoms with Crippen molar-refractivity contribution in [2.24, 2.45) is 0 Å². The van der Waals surface area contributed by atoms with Crippen molar-refractivity contribution in [1.82, 2.24) is 4.72 Å². The number of aromatic carboxylic acids is 1. The summed E-state index contributed by atoms with van der Waals surface area (Å²) in [5.41, 5.74) is 1.81. The Bertz CT molecular complexity index is 1520. The van der Waals surface area contributed by atoms with Crippen LogP contribution < -0.4 is 23.7 Å². The Morgan fingerprint density at radius 3 is 2.35 bits per heavy atom. The molecule has 0 bridgehead atoms. The molecule has 0 saturated heterocycles. The molecule has 0 fully saturated rings. The number of hydrogen-bond acceptors (Lipinski definition) is 8. The number of nitrogens with one attached hydrogen (secondary N) is 1. The van der Waals surface area contributed by atoms with Crippen molar-refractivity contribution in [3.05, 3.63) is 76.9 Å². The van der Waals surface area contributed by atoms with Gasteiger partial charge in [-0.1, -0.05) is 39.3 Å². The smallest absolute Gasteiger partial charge is 0.335 e. The van der Waals surface area contributed by atoms with E-state index in [0.717, 1.165) is 5.56 Å². The van der Waals surface area contributed by atoms with Gasteiger partial charge in [-0.15, -0.1) is 0 Å². The third kappa shape index (κ3) is 6.15. The quantitative estimate of drug-likeness (QED) is 0.333. The van der Waals surface area contributed by atoms with Crippen molar-refractivity contribution >= 4 is 21.9 Å². The van der Waals surface area contributed by atoms with E-state index < -0.39 is 28.0 Å². The zero-order chi connectivity index (χ0) is 29.0. The minimum atomic E-state index is -4.26. The molecule has 3 aromatic carbocycles. The minimum absolute atomic E-state index is 0.0507. The van der Waals surface area contributed by atoms with Crippen LogP contribution >= 0.6 is 0 Å². The van der Waals surface area contributed by atoms with E-state index in [1.807, 2.05) is 20.8 Å². The van der Waals surface area contributed by atoms with Gasteiger partial charge in [0.05, 0.1) is 17.6 Å². The van der Waals surface area contributed by atoms with Gasteiger partial charge in [0, 0.05) is 5.56 Å². The molecule has 1 atom stereocenters. The largest absolute Gasteiger partial charge is 0.493 e. The van der Waals surface area contributed by atoms with Gasteiger partial charge in [-0.2, -0.15) is 0 Å². The first-order valence-electron chi connectivity index (χ1n) is 12.7. The third-order valence-corrected chi connectivity index (χ3v) is 7.75. The number of carbonyl (C=O) groups is 2. The minimum Gasteiger partial charge on any atom is -0.493 e. The number of methoxy groups -OCH3 is 1. The fourth-order valence-corrected chi connectivity index (χ4v) is 5.25. The summed E-state index contributed by atoms with van der Waals surface area (Å²) in [6.07, 6.45) is -0.329. The molecule has 2 N–H and O–H groups in total. The summed E-state index contributed by atoms with van der Waals surface area (Å²) in [6, 6.07) is 13.6. The molecule has 0 radical (unpaired) electrons. The number of benzene rings is 3. The summed E-state index contributed by atoms with van der Waals surface area (Å²) in [6.45, 7) is 5.84. The number of amides is 1. The molecular weight excluding hydrogens is 538 g/mol. The van der Waals surface area contributed by atoms with Crippen LogP contribution in [0.1, 0.15) is 66.3 Å². The summed E-state index contributed by atoms with van der Waals surface area (Å²) >= 11 is 0. The lowest BCUT2D eigenvalue weighted by molar-refractivity contribution is -0.126. The number of aryl methyl sites for hydroxylation is 1. The molecule has 1 amide bonds. The molecule has 1 aliphatic heterocycles. The summed E-state index contributed by atoms with van der Waals surface area (Å²) in [5, 5.41) is 9.44. The van der Waals surface area contributed by atoms with Gasteiger partial charge in [-0.25, -0.2) is 17.9 Å². The van der Waals surface area contributed by atoms with Crippen molar-refractivity contribution in [2.75, 3.05) is 13.9 Å². The zero-order valence-corrected chi connectivity index (χ0v) is 23.4. The van der Waals surface area contributed by atoms with Crippen LogP contribution in [0, 0.1) is 0 Å². The van der Waals surface area contributed by atoms with Crippen LogP contribution in [0.25, 0.3) is 0 Å². The van der Waals surface area contributed by atoms with Gasteiger partial charge in [0.2, 0.25) is 18.6 Å². The fraction of sp³-hybridized carbons (Fsp3) is 0.310. The number of ether oxygens (including phenoxy) is 4. The number of carbonyl (C=O) groups excluding carboxylic acids is 1. The Kier molecular flexibility index (Phi) is 8.53. The molecule has 40 heavy (non-hydrogen) atoms. The van der Waals surface area contributed by atoms with Crippen LogP contribution in [0.15, 0.2) is 59.5 Å². The Hall–Kier alpha value is -4.25. The maximum absolute atomic E-state index is 13.6. The Morgan fingerprint density at radius 1 is 1.00 bits per heavy atom. The van der Waals surface area contributed by atoms with Gasteiger partial charge in [-0.05, 0) is 65.9 Å². The second-order valence-electron chi connectivity index (χ2n) is 9.53. The maximum Gasteiger partial charge on any atom is 0.335 e. The van der Waals surface area contributed by atoms with Crippen LogP contribution in [0.4, 0.5) is 0 Å². The van der Waals surface area contributed by atoms with Crippen molar-refractivity contribution < 1.29 is 42.1 Å². The number of sulfonamides is 1. The second kappa shape index (κ2) is 11.9. The van der Waals surface area contributed by atoms with Crippen LogP contribution in [0.2, 0.25) is 0 Å². The van der Waals surface area contributed by atoms with Crippen molar-refractivity contribution in [2.45, 2.75) is 50.5 Å². The fourth-order valence-electron chi connectivity index (χ4n) is 4.27. The highest BCUT2D eigenvalue weighted by atomic mass is 32.2. The SMILES string of the molecule is CCCc1cc(C(=O)O)ccc1OC(C(=O)NS(=O)(=O)c1ccc(C(C)C)cc1)c1cc(OC)c2c(c1)OCO2. The van der Waals surface area contributed by atoms with E-state index in [1.165, 1.54) is 49.6 Å². The van der Waals surface area contributed by atoms with E-state index in [9.17, 15) is 23.1 Å². The van der Waals surface area contributed by atoms with Gasteiger partial charge in [-0.3, -0.25) is 4.79 Å². The molecule has 1 aliphatic rings. The molecule has 1 heterocycles. The lowest BCUT2D eigenvalue weighted by atomic mass is 10.0. The highest BCUT2D eigenvalue weighted by molar-refractivity contribution is 7.90. The van der Waals surface area contributed by atoms with Gasteiger partial charge in [0.25, 0.3) is 15.9 Å². The number of fused-ring (bicyclic) bond motifs is 1. The van der Waals surface area contributed by atoms with Crippen LogP contribution in [0.3, 0.4) is 0 Å². The lowest BCUT2D eigenvalue weighted by Crippen LogP contribution is -2.37. The summed E-state index contributed by atoms with van der Waals surface area (Å²) in [5.74, 6) is -0.698.